The Morgan fingerprint density at radius 1 is 1.67 bits per heavy atom. The van der Waals surface area contributed by atoms with E-state index < -0.39 is 0 Å². The molecule has 0 fully saturated rings. The van der Waals surface area contributed by atoms with Crippen molar-refractivity contribution in [2.75, 3.05) is 6.54 Å². The van der Waals surface area contributed by atoms with Crippen LogP contribution in [-0.4, -0.2) is 12.6 Å². The molecule has 1 heterocycles. The lowest BCUT2D eigenvalue weighted by Gasteiger charge is -2.12. The minimum Gasteiger partial charge on any atom is -0.311 e. The molecule has 84 valence electrons. The summed E-state index contributed by atoms with van der Waals surface area (Å²) in [7, 11) is 0. The Morgan fingerprint density at radius 3 is 2.80 bits per heavy atom. The summed E-state index contributed by atoms with van der Waals surface area (Å²) in [5, 5.41) is 3.41. The van der Waals surface area contributed by atoms with E-state index in [0.29, 0.717) is 6.04 Å². The maximum Gasteiger partial charge on any atom is 0.0317 e. The number of nitrogens with one attached hydrogen (secondary N) is 1. The number of aryl methyl sites for hydroxylation is 1. The highest BCUT2D eigenvalue weighted by Gasteiger charge is 2.04. The lowest BCUT2D eigenvalue weighted by atomic mass is 10.1. The second kappa shape index (κ2) is 5.83. The molecule has 3 heteroatoms. The molecule has 0 aliphatic carbocycles. The summed E-state index contributed by atoms with van der Waals surface area (Å²) in [6, 6.07) is 2.64. The van der Waals surface area contributed by atoms with Gasteiger partial charge in [0.25, 0.3) is 0 Å². The van der Waals surface area contributed by atoms with E-state index >= 15 is 0 Å². The highest BCUT2D eigenvalue weighted by Crippen LogP contribution is 2.28. The minimum atomic E-state index is 0.455. The predicted molar refractivity (Wildman–Crippen MR) is 73.5 cm³/mol. The van der Waals surface area contributed by atoms with Gasteiger partial charge < -0.3 is 5.32 Å². The van der Waals surface area contributed by atoms with Crippen molar-refractivity contribution >= 4 is 33.3 Å². The van der Waals surface area contributed by atoms with Crippen LogP contribution in [0, 0.1) is 6.92 Å². The first kappa shape index (κ1) is 12.9. The van der Waals surface area contributed by atoms with Gasteiger partial charge in [0, 0.05) is 20.3 Å². The highest BCUT2D eigenvalue weighted by molar-refractivity contribution is 9.10. The van der Waals surface area contributed by atoms with Crippen LogP contribution in [0.1, 0.15) is 30.5 Å². The van der Waals surface area contributed by atoms with Crippen molar-refractivity contribution < 1.29 is 0 Å². The molecule has 0 aliphatic rings. The average Bonchev–Trinajstić information content (AvgIpc) is 2.46. The molecule has 1 atom stereocenters. The van der Waals surface area contributed by atoms with E-state index in [-0.39, 0.29) is 0 Å². The van der Waals surface area contributed by atoms with Crippen LogP contribution in [0.3, 0.4) is 0 Å². The van der Waals surface area contributed by atoms with Gasteiger partial charge in [0.2, 0.25) is 0 Å². The molecule has 1 rings (SSSR count). The Labute approximate surface area is 105 Å². The van der Waals surface area contributed by atoms with Gasteiger partial charge in [0.05, 0.1) is 0 Å². The largest absolute Gasteiger partial charge is 0.311 e. The van der Waals surface area contributed by atoms with Crippen molar-refractivity contribution in [2.45, 2.75) is 33.7 Å². The molecule has 1 nitrogen and oxygen atoms in total. The van der Waals surface area contributed by atoms with Crippen molar-refractivity contribution in [1.29, 1.82) is 0 Å². The lowest BCUT2D eigenvalue weighted by Crippen LogP contribution is -2.26. The van der Waals surface area contributed by atoms with E-state index in [1.54, 1.807) is 0 Å². The van der Waals surface area contributed by atoms with Crippen molar-refractivity contribution in [1.82, 2.24) is 5.32 Å². The molecule has 0 saturated heterocycles. The molecule has 1 N–H and O–H groups in total. The standard InChI is InChI=1S/C12H18BrNS/c1-5-14-9(3)8(2)6-11-7-12(13)10(4)15-11/h6-7,9,14H,5H2,1-4H3. The highest BCUT2D eigenvalue weighted by atomic mass is 79.9. The van der Waals surface area contributed by atoms with E-state index in [1.807, 2.05) is 11.3 Å². The monoisotopic (exact) mass is 287 g/mol. The molecule has 0 aliphatic heterocycles. The predicted octanol–water partition coefficient (Wildman–Crippen LogP) is 4.22. The van der Waals surface area contributed by atoms with Crippen LogP contribution < -0.4 is 5.32 Å². The molecule has 0 bridgehead atoms. The summed E-state index contributed by atoms with van der Waals surface area (Å²) in [5.41, 5.74) is 1.38. The second-order valence-electron chi connectivity index (χ2n) is 3.72. The van der Waals surface area contributed by atoms with Crippen LogP contribution >= 0.6 is 27.3 Å². The van der Waals surface area contributed by atoms with Crippen molar-refractivity contribution in [3.63, 3.8) is 0 Å². The Morgan fingerprint density at radius 2 is 2.33 bits per heavy atom. The minimum absolute atomic E-state index is 0.455. The third-order valence-corrected chi connectivity index (χ3v) is 4.52. The third-order valence-electron chi connectivity index (χ3n) is 2.44. The maximum atomic E-state index is 3.54. The molecule has 0 amide bonds. The number of halogens is 1. The van der Waals surface area contributed by atoms with Crippen molar-refractivity contribution in [3.05, 3.63) is 25.9 Å². The third kappa shape index (κ3) is 3.74. The summed E-state index contributed by atoms with van der Waals surface area (Å²) in [4.78, 5) is 2.66. The van der Waals surface area contributed by atoms with Gasteiger partial charge in [-0.1, -0.05) is 12.5 Å². The molecule has 0 spiro atoms. The van der Waals surface area contributed by atoms with Crippen LogP contribution in [-0.2, 0) is 0 Å². The van der Waals surface area contributed by atoms with Crippen LogP contribution in [0.25, 0.3) is 6.08 Å². The molecular weight excluding hydrogens is 270 g/mol. The molecule has 1 unspecified atom stereocenters. The average molecular weight is 288 g/mol. The first-order chi connectivity index (χ1) is 7.04. The topological polar surface area (TPSA) is 12.0 Å². The van der Waals surface area contributed by atoms with Crippen LogP contribution in [0.2, 0.25) is 0 Å². The van der Waals surface area contributed by atoms with Gasteiger partial charge in [0.1, 0.15) is 0 Å². The van der Waals surface area contributed by atoms with Gasteiger partial charge in [-0.3, -0.25) is 0 Å². The quantitative estimate of drug-likeness (QED) is 0.874. The lowest BCUT2D eigenvalue weighted by molar-refractivity contribution is 0.636. The van der Waals surface area contributed by atoms with Crippen LogP contribution in [0.5, 0.6) is 0 Å². The summed E-state index contributed by atoms with van der Waals surface area (Å²) in [6.45, 7) is 9.66. The zero-order valence-electron chi connectivity index (χ0n) is 9.73. The normalized spacial score (nSPS) is 14.3. The molecule has 0 saturated carbocycles. The Hall–Kier alpha value is -0.120. The molecular formula is C12H18BrNS. The number of hydrogen-bond acceptors (Lipinski definition) is 2. The zero-order chi connectivity index (χ0) is 11.4. The molecule has 15 heavy (non-hydrogen) atoms. The van der Waals surface area contributed by atoms with E-state index in [0.717, 1.165) is 6.54 Å². The van der Waals surface area contributed by atoms with Crippen LogP contribution in [0.4, 0.5) is 0 Å². The SMILES string of the molecule is CCNC(C)C(C)=Cc1cc(Br)c(C)s1. The van der Waals surface area contributed by atoms with Crippen molar-refractivity contribution in [3.8, 4) is 0 Å². The first-order valence-electron chi connectivity index (χ1n) is 5.22. The fourth-order valence-corrected chi connectivity index (χ4v) is 2.94. The maximum absolute atomic E-state index is 3.54. The van der Waals surface area contributed by atoms with Crippen molar-refractivity contribution in [2.24, 2.45) is 0 Å². The van der Waals surface area contributed by atoms with Gasteiger partial charge >= 0.3 is 0 Å². The van der Waals surface area contributed by atoms with E-state index in [2.05, 4.69) is 61.1 Å². The van der Waals surface area contributed by atoms with E-state index in [4.69, 9.17) is 0 Å². The number of hydrogen-bond donors (Lipinski definition) is 1. The van der Waals surface area contributed by atoms with Gasteiger partial charge in [0.15, 0.2) is 0 Å². The fourth-order valence-electron chi connectivity index (χ4n) is 1.37. The number of likely N-dealkylation sites (N-methyl/N-ethyl adjacent to an activating group) is 1. The van der Waals surface area contributed by atoms with E-state index in [9.17, 15) is 0 Å². The smallest absolute Gasteiger partial charge is 0.0317 e. The van der Waals surface area contributed by atoms with Gasteiger partial charge in [-0.2, -0.15) is 0 Å². The molecule has 0 radical (unpaired) electrons. The Balaban J connectivity index is 2.77. The summed E-state index contributed by atoms with van der Waals surface area (Å²) in [5.74, 6) is 0. The molecule has 1 aromatic rings. The van der Waals surface area contributed by atoms with E-state index in [1.165, 1.54) is 19.8 Å². The summed E-state index contributed by atoms with van der Waals surface area (Å²) in [6.07, 6.45) is 2.26. The van der Waals surface area contributed by atoms with Gasteiger partial charge in [-0.15, -0.1) is 11.3 Å². The fraction of sp³-hybridized carbons (Fsp3) is 0.500. The van der Waals surface area contributed by atoms with Crippen LogP contribution in [0.15, 0.2) is 16.1 Å². The number of thiophene rings is 1. The Kier molecular flexibility index (Phi) is 5.03. The number of rotatable bonds is 4. The summed E-state index contributed by atoms with van der Waals surface area (Å²) < 4.78 is 1.21. The first-order valence-corrected chi connectivity index (χ1v) is 6.83. The molecule has 1 aromatic heterocycles. The van der Waals surface area contributed by atoms with Gasteiger partial charge in [-0.05, 0) is 55.4 Å². The second-order valence-corrected chi connectivity index (χ2v) is 5.86. The summed E-state index contributed by atoms with van der Waals surface area (Å²) >= 11 is 5.37. The Bertz CT molecular complexity index is 335. The molecule has 0 aromatic carbocycles. The van der Waals surface area contributed by atoms with Gasteiger partial charge in [-0.25, -0.2) is 0 Å². The zero-order valence-corrected chi connectivity index (χ0v) is 12.1.